The maximum absolute atomic E-state index is 10.6. The van der Waals surface area contributed by atoms with E-state index in [1.54, 1.807) is 21.0 Å². The van der Waals surface area contributed by atoms with E-state index in [-0.39, 0.29) is 5.78 Å². The Labute approximate surface area is 55.5 Å². The molecule has 0 aromatic heterocycles. The Morgan fingerprint density at radius 1 is 1.22 bits per heavy atom. The summed E-state index contributed by atoms with van der Waals surface area (Å²) in [6.45, 7) is 5.05. The summed E-state index contributed by atoms with van der Waals surface area (Å²) in [7, 11) is 1.56. The molecule has 0 saturated carbocycles. The van der Waals surface area contributed by atoms with E-state index >= 15 is 0 Å². The van der Waals surface area contributed by atoms with Gasteiger partial charge in [0.15, 0.2) is 5.78 Å². The van der Waals surface area contributed by atoms with Gasteiger partial charge in [-0.05, 0) is 20.8 Å². The first-order chi connectivity index (χ1) is 4.09. The summed E-state index contributed by atoms with van der Waals surface area (Å²) in [5.41, 5.74) is 0.692. The fourth-order valence-corrected chi connectivity index (χ4v) is 0.401. The Balaban J connectivity index is 4.28. The van der Waals surface area contributed by atoms with Gasteiger partial charge in [0.2, 0.25) is 0 Å². The molecule has 0 aromatic rings. The van der Waals surface area contributed by atoms with Crippen LogP contribution in [0.4, 0.5) is 0 Å². The lowest BCUT2D eigenvalue weighted by molar-refractivity contribution is -0.113. The van der Waals surface area contributed by atoms with Crippen molar-refractivity contribution in [3.8, 4) is 0 Å². The maximum Gasteiger partial charge on any atom is 0.158 e. The zero-order chi connectivity index (χ0) is 7.44. The van der Waals surface area contributed by atoms with Crippen LogP contribution >= 0.6 is 0 Å². The van der Waals surface area contributed by atoms with Crippen molar-refractivity contribution in [1.29, 1.82) is 0 Å². The van der Waals surface area contributed by atoms with Crippen molar-refractivity contribution in [3.63, 3.8) is 0 Å². The van der Waals surface area contributed by atoms with Crippen LogP contribution in [0.1, 0.15) is 20.8 Å². The summed E-state index contributed by atoms with van der Waals surface area (Å²) >= 11 is 0. The average molecular weight is 128 g/mol. The molecule has 0 fully saturated rings. The van der Waals surface area contributed by atoms with Crippen molar-refractivity contribution in [3.05, 3.63) is 11.3 Å². The first kappa shape index (κ1) is 8.21. The zero-order valence-corrected chi connectivity index (χ0v) is 6.32. The third-order valence-electron chi connectivity index (χ3n) is 1.36. The number of methoxy groups -OCH3 is 1. The Morgan fingerprint density at radius 2 is 1.67 bits per heavy atom. The van der Waals surface area contributed by atoms with Crippen molar-refractivity contribution in [2.45, 2.75) is 20.8 Å². The number of hydrogen-bond donors (Lipinski definition) is 0. The molecular formula is C7H12O2. The topological polar surface area (TPSA) is 26.3 Å². The summed E-state index contributed by atoms with van der Waals surface area (Å²) in [6, 6.07) is 0. The summed E-state index contributed by atoms with van der Waals surface area (Å²) < 4.78 is 4.83. The normalized spacial score (nSPS) is 12.4. The monoisotopic (exact) mass is 128 g/mol. The summed E-state index contributed by atoms with van der Waals surface area (Å²) in [5, 5.41) is 0. The van der Waals surface area contributed by atoms with Gasteiger partial charge in [-0.1, -0.05) is 0 Å². The largest absolute Gasteiger partial charge is 0.501 e. The van der Waals surface area contributed by atoms with Crippen LogP contribution in [-0.2, 0) is 9.53 Å². The molecule has 0 aromatic carbocycles. The average Bonchev–Trinajstić information content (AvgIpc) is 1.84. The second-order valence-corrected chi connectivity index (χ2v) is 1.94. The van der Waals surface area contributed by atoms with Crippen LogP contribution in [0.25, 0.3) is 0 Å². The molecule has 9 heavy (non-hydrogen) atoms. The lowest BCUT2D eigenvalue weighted by Crippen LogP contribution is -1.96. The number of hydrogen-bond acceptors (Lipinski definition) is 2. The molecular weight excluding hydrogens is 116 g/mol. The van der Waals surface area contributed by atoms with E-state index in [9.17, 15) is 4.79 Å². The Bertz CT molecular complexity index is 145. The molecule has 2 heteroatoms. The van der Waals surface area contributed by atoms with Gasteiger partial charge < -0.3 is 4.74 Å². The van der Waals surface area contributed by atoms with E-state index in [4.69, 9.17) is 4.74 Å². The van der Waals surface area contributed by atoms with Gasteiger partial charge in [-0.15, -0.1) is 0 Å². The van der Waals surface area contributed by atoms with Gasteiger partial charge >= 0.3 is 0 Å². The molecule has 0 spiro atoms. The molecule has 0 rings (SSSR count). The first-order valence-electron chi connectivity index (χ1n) is 2.82. The van der Waals surface area contributed by atoms with Crippen LogP contribution in [0, 0.1) is 0 Å². The number of Topliss-reactive ketones (excluding diaryl/α,β-unsaturated/α-hetero) is 1. The van der Waals surface area contributed by atoms with Gasteiger partial charge in [0.05, 0.1) is 12.9 Å². The second-order valence-electron chi connectivity index (χ2n) is 1.94. The van der Waals surface area contributed by atoms with Gasteiger partial charge in [0, 0.05) is 5.57 Å². The fourth-order valence-electron chi connectivity index (χ4n) is 0.401. The molecule has 0 saturated heterocycles. The smallest absolute Gasteiger partial charge is 0.158 e. The molecule has 0 bridgehead atoms. The lowest BCUT2D eigenvalue weighted by atomic mass is 10.2. The predicted molar refractivity (Wildman–Crippen MR) is 36.1 cm³/mol. The van der Waals surface area contributed by atoms with E-state index in [1.165, 1.54) is 6.92 Å². The molecule has 0 atom stereocenters. The minimum Gasteiger partial charge on any atom is -0.501 e. The summed E-state index contributed by atoms with van der Waals surface area (Å²) in [5.74, 6) is 0.761. The van der Waals surface area contributed by atoms with Crippen molar-refractivity contribution in [1.82, 2.24) is 0 Å². The highest BCUT2D eigenvalue weighted by Gasteiger charge is 1.99. The zero-order valence-electron chi connectivity index (χ0n) is 6.32. The highest BCUT2D eigenvalue weighted by atomic mass is 16.5. The number of carbonyl (C=O) groups is 1. The SMILES string of the molecule is CO/C(C)=C(/C)C(C)=O. The van der Waals surface area contributed by atoms with E-state index < -0.39 is 0 Å². The maximum atomic E-state index is 10.6. The molecule has 52 valence electrons. The summed E-state index contributed by atoms with van der Waals surface area (Å²) in [6.07, 6.45) is 0. The van der Waals surface area contributed by atoms with Gasteiger partial charge in [-0.25, -0.2) is 0 Å². The molecule has 0 heterocycles. The van der Waals surface area contributed by atoms with Crippen LogP contribution in [0.5, 0.6) is 0 Å². The molecule has 0 aliphatic heterocycles. The van der Waals surface area contributed by atoms with Crippen molar-refractivity contribution < 1.29 is 9.53 Å². The molecule has 0 aliphatic carbocycles. The second kappa shape index (κ2) is 3.28. The Hall–Kier alpha value is -0.790. The third kappa shape index (κ3) is 2.31. The number of carbonyl (C=O) groups excluding carboxylic acids is 1. The highest BCUT2D eigenvalue weighted by molar-refractivity contribution is 5.92. The molecule has 0 aliphatic rings. The van der Waals surface area contributed by atoms with Gasteiger partial charge in [-0.3, -0.25) is 4.79 Å². The molecule has 0 unspecified atom stereocenters. The van der Waals surface area contributed by atoms with Gasteiger partial charge in [0.1, 0.15) is 0 Å². The standard InChI is InChI=1S/C7H12O2/c1-5(6(2)8)7(3)9-4/h1-4H3/b7-5-. The highest BCUT2D eigenvalue weighted by Crippen LogP contribution is 2.03. The predicted octanol–water partition coefficient (Wildman–Crippen LogP) is 1.52. The van der Waals surface area contributed by atoms with E-state index in [0.29, 0.717) is 11.3 Å². The Kier molecular flexibility index (Phi) is 2.99. The number of ketones is 1. The van der Waals surface area contributed by atoms with Crippen LogP contribution in [0.15, 0.2) is 11.3 Å². The third-order valence-corrected chi connectivity index (χ3v) is 1.36. The van der Waals surface area contributed by atoms with Crippen LogP contribution in [0.2, 0.25) is 0 Å². The fraction of sp³-hybridized carbons (Fsp3) is 0.571. The quantitative estimate of drug-likeness (QED) is 0.416. The summed E-state index contributed by atoms with van der Waals surface area (Å²) in [4.78, 5) is 10.6. The van der Waals surface area contributed by atoms with E-state index in [1.807, 2.05) is 0 Å². The molecule has 0 radical (unpaired) electrons. The number of ether oxygens (including phenoxy) is 1. The van der Waals surface area contributed by atoms with Crippen LogP contribution < -0.4 is 0 Å². The lowest BCUT2D eigenvalue weighted by Gasteiger charge is -2.00. The minimum absolute atomic E-state index is 0.0642. The van der Waals surface area contributed by atoms with Gasteiger partial charge in [0.25, 0.3) is 0 Å². The Morgan fingerprint density at radius 3 is 1.78 bits per heavy atom. The van der Waals surface area contributed by atoms with E-state index in [0.717, 1.165) is 0 Å². The van der Waals surface area contributed by atoms with Crippen molar-refractivity contribution in [2.24, 2.45) is 0 Å². The first-order valence-corrected chi connectivity index (χ1v) is 2.82. The number of rotatable bonds is 2. The van der Waals surface area contributed by atoms with E-state index in [2.05, 4.69) is 0 Å². The molecule has 0 N–H and O–H groups in total. The van der Waals surface area contributed by atoms with Crippen LogP contribution in [0.3, 0.4) is 0 Å². The number of allylic oxidation sites excluding steroid dienone is 2. The van der Waals surface area contributed by atoms with Crippen LogP contribution in [-0.4, -0.2) is 12.9 Å². The van der Waals surface area contributed by atoms with Crippen molar-refractivity contribution in [2.75, 3.05) is 7.11 Å². The van der Waals surface area contributed by atoms with Crippen molar-refractivity contribution >= 4 is 5.78 Å². The van der Waals surface area contributed by atoms with Gasteiger partial charge in [-0.2, -0.15) is 0 Å². The minimum atomic E-state index is 0.0642. The molecule has 2 nitrogen and oxygen atoms in total. The molecule has 0 amide bonds.